The first kappa shape index (κ1) is 21.0. The maximum absolute atomic E-state index is 13.6. The molecule has 0 atom stereocenters. The predicted molar refractivity (Wildman–Crippen MR) is 103 cm³/mol. The van der Waals surface area contributed by atoms with E-state index >= 15 is 0 Å². The molecule has 12 heteroatoms. The van der Waals surface area contributed by atoms with Crippen LogP contribution in [0.4, 0.5) is 37.8 Å². The smallest absolute Gasteiger partial charge is 0.339 e. The Bertz CT molecular complexity index is 1220. The number of thioether (sulfide) groups is 1. The highest BCUT2D eigenvalue weighted by Crippen LogP contribution is 2.38. The van der Waals surface area contributed by atoms with E-state index in [0.29, 0.717) is 5.69 Å². The second-order valence-electron chi connectivity index (χ2n) is 6.22. The number of nitrogens with zero attached hydrogens (tertiary/aromatic N) is 4. The topological polar surface area (TPSA) is 55.1 Å². The van der Waals surface area contributed by atoms with E-state index in [2.05, 4.69) is 20.3 Å². The lowest BCUT2D eigenvalue weighted by molar-refractivity contribution is -0.140. The maximum Gasteiger partial charge on any atom is 0.446 e. The minimum atomic E-state index is -4.71. The van der Waals surface area contributed by atoms with E-state index in [-0.39, 0.29) is 39.5 Å². The molecule has 0 saturated carbocycles. The molecule has 0 bridgehead atoms. The van der Waals surface area contributed by atoms with E-state index in [1.54, 1.807) is 12.1 Å². The first-order chi connectivity index (χ1) is 14.6. The van der Waals surface area contributed by atoms with Crippen molar-refractivity contribution < 1.29 is 26.3 Å². The van der Waals surface area contributed by atoms with E-state index in [1.165, 1.54) is 53.3 Å². The van der Waals surface area contributed by atoms with Crippen LogP contribution in [0.3, 0.4) is 0 Å². The molecular formula is C19H11F6N5S. The Hall–Kier alpha value is -3.28. The van der Waals surface area contributed by atoms with Crippen LogP contribution < -0.4 is 5.32 Å². The number of hydrogen-bond donors (Lipinski definition) is 1. The highest BCUT2D eigenvalue weighted by molar-refractivity contribution is 8.00. The molecule has 0 spiro atoms. The zero-order valence-corrected chi connectivity index (χ0v) is 16.1. The Labute approximate surface area is 175 Å². The van der Waals surface area contributed by atoms with Gasteiger partial charge >= 0.3 is 11.7 Å². The van der Waals surface area contributed by atoms with Crippen molar-refractivity contribution in [2.24, 2.45) is 0 Å². The van der Waals surface area contributed by atoms with Gasteiger partial charge < -0.3 is 5.32 Å². The molecule has 0 aliphatic carbocycles. The average molecular weight is 455 g/mol. The van der Waals surface area contributed by atoms with Gasteiger partial charge in [0.25, 0.3) is 0 Å². The summed E-state index contributed by atoms with van der Waals surface area (Å²) in [4.78, 5) is 11.8. The summed E-state index contributed by atoms with van der Waals surface area (Å²) >= 11 is -0.251. The summed E-state index contributed by atoms with van der Waals surface area (Å²) in [6.07, 6.45) is -0.803. The fourth-order valence-corrected chi connectivity index (χ4v) is 3.41. The Morgan fingerprint density at radius 1 is 0.871 bits per heavy atom. The van der Waals surface area contributed by atoms with E-state index in [0.717, 1.165) is 0 Å². The van der Waals surface area contributed by atoms with Gasteiger partial charge in [0.1, 0.15) is 22.9 Å². The lowest BCUT2D eigenvalue weighted by Gasteiger charge is -2.10. The zero-order valence-electron chi connectivity index (χ0n) is 15.2. The number of halogens is 6. The summed E-state index contributed by atoms with van der Waals surface area (Å²) in [5, 5.41) is 2.83. The van der Waals surface area contributed by atoms with Crippen molar-refractivity contribution in [2.45, 2.75) is 16.6 Å². The van der Waals surface area contributed by atoms with Gasteiger partial charge in [0.2, 0.25) is 0 Å². The molecule has 3 aromatic heterocycles. The number of pyridine rings is 1. The third-order valence-corrected chi connectivity index (χ3v) is 4.78. The van der Waals surface area contributed by atoms with Crippen LogP contribution in [0.2, 0.25) is 0 Å². The molecule has 4 aromatic rings. The van der Waals surface area contributed by atoms with Gasteiger partial charge in [0.15, 0.2) is 5.69 Å². The quantitative estimate of drug-likeness (QED) is 0.295. The van der Waals surface area contributed by atoms with Gasteiger partial charge in [-0.25, -0.2) is 9.97 Å². The van der Waals surface area contributed by atoms with Crippen molar-refractivity contribution >= 4 is 28.9 Å². The van der Waals surface area contributed by atoms with Gasteiger partial charge in [-0.3, -0.25) is 9.38 Å². The number of anilines is 2. The number of rotatable bonds is 4. The summed E-state index contributed by atoms with van der Waals surface area (Å²) in [6, 6.07) is 9.91. The van der Waals surface area contributed by atoms with Crippen LogP contribution in [-0.2, 0) is 6.18 Å². The molecule has 5 nitrogen and oxygen atoms in total. The number of fused-ring (bicyclic) bond motifs is 1. The Balaban J connectivity index is 1.67. The molecule has 0 unspecified atom stereocenters. The normalized spacial score (nSPS) is 12.3. The van der Waals surface area contributed by atoms with E-state index < -0.39 is 17.4 Å². The van der Waals surface area contributed by atoms with Crippen molar-refractivity contribution in [2.75, 3.05) is 5.32 Å². The highest BCUT2D eigenvalue weighted by atomic mass is 32.2. The molecular weight excluding hydrogens is 444 g/mol. The molecule has 0 aliphatic heterocycles. The van der Waals surface area contributed by atoms with Crippen LogP contribution in [-0.4, -0.2) is 24.9 Å². The van der Waals surface area contributed by atoms with Crippen molar-refractivity contribution in [1.82, 2.24) is 19.4 Å². The number of benzene rings is 1. The minimum Gasteiger partial charge on any atom is -0.339 e. The number of aromatic nitrogens is 4. The molecule has 1 N–H and O–H groups in total. The number of alkyl halides is 6. The summed E-state index contributed by atoms with van der Waals surface area (Å²) in [7, 11) is 0. The van der Waals surface area contributed by atoms with Gasteiger partial charge in [-0.1, -0.05) is 6.07 Å². The Kier molecular flexibility index (Phi) is 5.25. The van der Waals surface area contributed by atoms with E-state index in [9.17, 15) is 26.3 Å². The van der Waals surface area contributed by atoms with Gasteiger partial charge in [0, 0.05) is 16.8 Å². The van der Waals surface area contributed by atoms with Crippen molar-refractivity contribution in [1.29, 1.82) is 0 Å². The number of nitrogens with one attached hydrogen (secondary N) is 1. The molecule has 0 saturated heterocycles. The third kappa shape index (κ3) is 4.74. The first-order valence-electron chi connectivity index (χ1n) is 8.60. The number of imidazole rings is 1. The lowest BCUT2D eigenvalue weighted by Crippen LogP contribution is -2.09. The molecule has 160 valence electrons. The Morgan fingerprint density at radius 2 is 1.61 bits per heavy atom. The van der Waals surface area contributed by atoms with E-state index in [4.69, 9.17) is 0 Å². The maximum atomic E-state index is 13.6. The standard InChI is InChI=1S/C19H11F6N5S/c20-18(21,22)17-16(30-8-2-1-3-15(30)29-17)13-9-26-10-14(28-13)27-11-4-6-12(7-5-11)31-19(23,24)25/h1-10H,(H,27,28). The monoisotopic (exact) mass is 455 g/mol. The lowest BCUT2D eigenvalue weighted by atomic mass is 10.2. The van der Waals surface area contributed by atoms with Crippen molar-refractivity contribution in [3.8, 4) is 11.4 Å². The molecule has 31 heavy (non-hydrogen) atoms. The summed E-state index contributed by atoms with van der Waals surface area (Å²) in [5.41, 5.74) is -5.34. The SMILES string of the molecule is FC(F)(F)Sc1ccc(Nc2cncc(-c3c(C(F)(F)F)nc4ccccn34)n2)cc1. The minimum absolute atomic E-state index is 0.00145. The molecule has 0 radical (unpaired) electrons. The van der Waals surface area contributed by atoms with Gasteiger partial charge in [-0.05, 0) is 48.2 Å². The van der Waals surface area contributed by atoms with Gasteiger partial charge in [-0.15, -0.1) is 0 Å². The van der Waals surface area contributed by atoms with Crippen LogP contribution in [0.5, 0.6) is 0 Å². The average Bonchev–Trinajstić information content (AvgIpc) is 3.09. The van der Waals surface area contributed by atoms with Crippen LogP contribution in [0.25, 0.3) is 17.0 Å². The second-order valence-corrected chi connectivity index (χ2v) is 7.36. The van der Waals surface area contributed by atoms with E-state index in [1.807, 2.05) is 0 Å². The van der Waals surface area contributed by atoms with Crippen molar-refractivity contribution in [3.63, 3.8) is 0 Å². The Morgan fingerprint density at radius 3 is 2.29 bits per heavy atom. The summed E-state index contributed by atoms with van der Waals surface area (Å²) < 4.78 is 79.2. The van der Waals surface area contributed by atoms with Crippen LogP contribution in [0.1, 0.15) is 5.69 Å². The van der Waals surface area contributed by atoms with Crippen LogP contribution in [0.15, 0.2) is 66.0 Å². The van der Waals surface area contributed by atoms with Gasteiger partial charge in [0.05, 0.1) is 12.4 Å². The summed E-state index contributed by atoms with van der Waals surface area (Å²) in [6.45, 7) is 0. The van der Waals surface area contributed by atoms with Crippen LogP contribution in [0, 0.1) is 0 Å². The van der Waals surface area contributed by atoms with Gasteiger partial charge in [-0.2, -0.15) is 26.3 Å². The highest BCUT2D eigenvalue weighted by Gasteiger charge is 2.38. The largest absolute Gasteiger partial charge is 0.446 e. The molecule has 0 fully saturated rings. The third-order valence-electron chi connectivity index (χ3n) is 4.04. The fraction of sp³-hybridized carbons (Fsp3) is 0.105. The molecule has 1 aromatic carbocycles. The van der Waals surface area contributed by atoms with Crippen LogP contribution >= 0.6 is 11.8 Å². The number of hydrogen-bond acceptors (Lipinski definition) is 5. The molecule has 3 heterocycles. The molecule has 0 amide bonds. The molecule has 4 rings (SSSR count). The fourth-order valence-electron chi connectivity index (χ4n) is 2.87. The predicted octanol–water partition coefficient (Wildman–Crippen LogP) is 6.17. The first-order valence-corrected chi connectivity index (χ1v) is 9.41. The zero-order chi connectivity index (χ0) is 22.2. The summed E-state index contributed by atoms with van der Waals surface area (Å²) in [5.74, 6) is 0.118. The molecule has 0 aliphatic rings. The second kappa shape index (κ2) is 7.76. The van der Waals surface area contributed by atoms with Crippen molar-refractivity contribution in [3.05, 3.63) is 66.7 Å².